The van der Waals surface area contributed by atoms with E-state index in [9.17, 15) is 15.0 Å². The first-order valence-electron chi connectivity index (χ1n) is 20.0. The van der Waals surface area contributed by atoms with Crippen molar-refractivity contribution >= 4 is 5.97 Å². The highest BCUT2D eigenvalue weighted by atomic mass is 16.5. The van der Waals surface area contributed by atoms with E-state index in [1.165, 1.54) is 0 Å². The van der Waals surface area contributed by atoms with Crippen molar-refractivity contribution in [3.05, 3.63) is 70.0 Å². The van der Waals surface area contributed by atoms with E-state index in [1.807, 2.05) is 6.26 Å². The lowest BCUT2D eigenvalue weighted by molar-refractivity contribution is -0.162. The maximum atomic E-state index is 13.3. The van der Waals surface area contributed by atoms with Gasteiger partial charge >= 0.3 is 5.97 Å². The first-order valence-corrected chi connectivity index (χ1v) is 20.0. The molecule has 0 spiro atoms. The Labute approximate surface area is 323 Å². The SMILES string of the molecule is CCC(CN1C(C)(C)CC(OC(=O)CCc2cc(C(C)(C)C)c(O)c(C(C)(C)C)c2)CC1(C)C)OC=CCc1cc(C(C)(C)C)c(O)c(C(C)(C)C)c1. The van der Waals surface area contributed by atoms with E-state index in [1.54, 1.807) is 0 Å². The van der Waals surface area contributed by atoms with E-state index in [0.29, 0.717) is 24.3 Å². The minimum Gasteiger partial charge on any atom is -0.507 e. The summed E-state index contributed by atoms with van der Waals surface area (Å²) in [5.41, 5.74) is 4.81. The number of likely N-dealkylation sites (tertiary alicyclic amines) is 1. The summed E-state index contributed by atoms with van der Waals surface area (Å²) in [5.74, 6) is 0.593. The molecule has 2 aromatic carbocycles. The van der Waals surface area contributed by atoms with Crippen LogP contribution in [0.5, 0.6) is 11.5 Å². The summed E-state index contributed by atoms with van der Waals surface area (Å²) < 4.78 is 12.6. The number of aryl methyl sites for hydroxylation is 1. The number of esters is 1. The molecule has 2 N–H and O–H groups in total. The van der Waals surface area contributed by atoms with Gasteiger partial charge < -0.3 is 19.7 Å². The van der Waals surface area contributed by atoms with Crippen molar-refractivity contribution in [2.24, 2.45) is 0 Å². The zero-order chi connectivity index (χ0) is 40.5. The summed E-state index contributed by atoms with van der Waals surface area (Å²) in [6.45, 7) is 37.4. The molecule has 0 aliphatic carbocycles. The molecule has 6 heteroatoms. The van der Waals surface area contributed by atoms with Crippen LogP contribution in [0.3, 0.4) is 0 Å². The van der Waals surface area contributed by atoms with Crippen molar-refractivity contribution in [1.29, 1.82) is 0 Å². The molecule has 0 amide bonds. The second kappa shape index (κ2) is 16.0. The highest BCUT2D eigenvalue weighted by Crippen LogP contribution is 2.43. The molecule has 1 aliphatic heterocycles. The summed E-state index contributed by atoms with van der Waals surface area (Å²) in [5, 5.41) is 22.2. The summed E-state index contributed by atoms with van der Waals surface area (Å²) in [6, 6.07) is 8.38. The minimum atomic E-state index is -0.218. The predicted molar refractivity (Wildman–Crippen MR) is 221 cm³/mol. The molecule has 3 rings (SSSR count). The van der Waals surface area contributed by atoms with Crippen molar-refractivity contribution < 1.29 is 24.5 Å². The third kappa shape index (κ3) is 11.5. The second-order valence-corrected chi connectivity index (χ2v) is 21.1. The van der Waals surface area contributed by atoms with E-state index in [4.69, 9.17) is 9.47 Å². The van der Waals surface area contributed by atoms with Gasteiger partial charge in [0.1, 0.15) is 23.7 Å². The molecule has 53 heavy (non-hydrogen) atoms. The van der Waals surface area contributed by atoms with E-state index in [2.05, 4.69) is 153 Å². The number of carbonyl (C=O) groups is 1. The lowest BCUT2D eigenvalue weighted by Gasteiger charge is -2.55. The fraction of sp³-hybridized carbons (Fsp3) is 0.681. The quantitative estimate of drug-likeness (QED) is 0.177. The van der Waals surface area contributed by atoms with Crippen LogP contribution in [0.25, 0.3) is 0 Å². The number of ether oxygens (including phenoxy) is 2. The van der Waals surface area contributed by atoms with Gasteiger partial charge in [0.05, 0.1) is 6.26 Å². The molecule has 0 saturated carbocycles. The van der Waals surface area contributed by atoms with Crippen LogP contribution in [0.1, 0.15) is 177 Å². The van der Waals surface area contributed by atoms with Crippen LogP contribution in [0.2, 0.25) is 0 Å². The van der Waals surface area contributed by atoms with Gasteiger partial charge in [-0.1, -0.05) is 114 Å². The van der Waals surface area contributed by atoms with Gasteiger partial charge in [-0.25, -0.2) is 0 Å². The molecule has 0 bridgehead atoms. The van der Waals surface area contributed by atoms with Crippen LogP contribution >= 0.6 is 0 Å². The van der Waals surface area contributed by atoms with Crippen LogP contribution in [-0.2, 0) is 48.8 Å². The Morgan fingerprint density at radius 1 is 0.755 bits per heavy atom. The third-order valence-electron chi connectivity index (χ3n) is 11.0. The van der Waals surface area contributed by atoms with Gasteiger partial charge in [-0.3, -0.25) is 9.69 Å². The van der Waals surface area contributed by atoms with Crippen LogP contribution < -0.4 is 0 Å². The summed E-state index contributed by atoms with van der Waals surface area (Å²) in [4.78, 5) is 15.9. The zero-order valence-corrected chi connectivity index (χ0v) is 36.6. The van der Waals surface area contributed by atoms with Gasteiger partial charge in [0.2, 0.25) is 0 Å². The van der Waals surface area contributed by atoms with Gasteiger partial charge in [-0.2, -0.15) is 0 Å². The van der Waals surface area contributed by atoms with Gasteiger partial charge in [0, 0.05) is 36.9 Å². The van der Waals surface area contributed by atoms with Crippen molar-refractivity contribution in [1.82, 2.24) is 4.90 Å². The molecule has 1 fully saturated rings. The first-order chi connectivity index (χ1) is 24.0. The molecule has 2 aromatic rings. The Morgan fingerprint density at radius 3 is 1.53 bits per heavy atom. The van der Waals surface area contributed by atoms with Gasteiger partial charge in [-0.15, -0.1) is 0 Å². The van der Waals surface area contributed by atoms with Crippen LogP contribution in [0.15, 0.2) is 36.6 Å². The lowest BCUT2D eigenvalue weighted by atomic mass is 9.77. The topological polar surface area (TPSA) is 79.2 Å². The number of allylic oxidation sites excluding steroid dienone is 1. The molecule has 6 nitrogen and oxygen atoms in total. The van der Waals surface area contributed by atoms with Crippen molar-refractivity contribution in [2.45, 2.75) is 201 Å². The summed E-state index contributed by atoms with van der Waals surface area (Å²) in [7, 11) is 0. The van der Waals surface area contributed by atoms with Gasteiger partial charge in [0.15, 0.2) is 0 Å². The number of phenolic OH excluding ortho intramolecular Hbond substituents is 2. The Morgan fingerprint density at radius 2 is 1.15 bits per heavy atom. The number of hydrogen-bond donors (Lipinski definition) is 2. The van der Waals surface area contributed by atoms with Crippen molar-refractivity contribution in [3.63, 3.8) is 0 Å². The third-order valence-corrected chi connectivity index (χ3v) is 11.0. The first kappa shape index (κ1) is 44.4. The van der Waals surface area contributed by atoms with Crippen LogP contribution in [0, 0.1) is 0 Å². The standard InChI is InChI=1S/C47H75NO5/c1-18-33(52-23-19-20-31-24-35(42(2,3)4)40(50)36(25-31)43(5,6)7)30-48-46(14,15)28-34(29-47(48,16)17)53-39(49)22-21-32-26-37(44(8,9)10)41(51)38(27-32)45(11,12)13/h19,23-27,33-34,50-51H,18,20-22,28-30H2,1-17H3. The molecule has 1 heterocycles. The predicted octanol–water partition coefficient (Wildman–Crippen LogP) is 11.3. The monoisotopic (exact) mass is 734 g/mol. The lowest BCUT2D eigenvalue weighted by Crippen LogP contribution is -2.63. The van der Waals surface area contributed by atoms with Crippen LogP contribution in [0.4, 0.5) is 0 Å². The van der Waals surface area contributed by atoms with E-state index >= 15 is 0 Å². The fourth-order valence-electron chi connectivity index (χ4n) is 8.06. The van der Waals surface area contributed by atoms with E-state index < -0.39 is 0 Å². The number of piperidine rings is 1. The maximum Gasteiger partial charge on any atom is 0.306 e. The summed E-state index contributed by atoms with van der Waals surface area (Å²) >= 11 is 0. The molecular formula is C47H75NO5. The smallest absolute Gasteiger partial charge is 0.306 e. The van der Waals surface area contributed by atoms with Gasteiger partial charge in [-0.05, 0) is 108 Å². The number of aromatic hydroxyl groups is 2. The summed E-state index contributed by atoms with van der Waals surface area (Å²) in [6.07, 6.45) is 7.76. The molecule has 0 aromatic heterocycles. The highest BCUT2D eigenvalue weighted by Gasteiger charge is 2.47. The number of nitrogens with zero attached hydrogens (tertiary/aromatic N) is 1. The molecule has 1 saturated heterocycles. The van der Waals surface area contributed by atoms with Crippen LogP contribution in [-0.4, -0.2) is 50.9 Å². The highest BCUT2D eigenvalue weighted by molar-refractivity contribution is 5.70. The number of phenols is 2. The van der Waals surface area contributed by atoms with E-state index in [-0.39, 0.29) is 50.9 Å². The Balaban J connectivity index is 1.66. The Bertz CT molecular complexity index is 1520. The molecule has 1 atom stereocenters. The zero-order valence-electron chi connectivity index (χ0n) is 36.6. The molecule has 0 radical (unpaired) electrons. The number of hydrogen-bond acceptors (Lipinski definition) is 6. The average molecular weight is 734 g/mol. The molecule has 1 unspecified atom stereocenters. The number of rotatable bonds is 11. The molecular weight excluding hydrogens is 659 g/mol. The normalized spacial score (nSPS) is 18.0. The maximum absolute atomic E-state index is 13.3. The average Bonchev–Trinajstić information content (AvgIpc) is 2.97. The van der Waals surface area contributed by atoms with Gasteiger partial charge in [0.25, 0.3) is 0 Å². The van der Waals surface area contributed by atoms with Crippen molar-refractivity contribution in [2.75, 3.05) is 6.54 Å². The molecule has 1 aliphatic rings. The largest absolute Gasteiger partial charge is 0.507 e. The minimum absolute atomic E-state index is 0.0141. The fourth-order valence-corrected chi connectivity index (χ4v) is 8.06. The Kier molecular flexibility index (Phi) is 13.4. The molecule has 298 valence electrons. The van der Waals surface area contributed by atoms with Crippen molar-refractivity contribution in [3.8, 4) is 11.5 Å². The second-order valence-electron chi connectivity index (χ2n) is 21.1. The Hall–Kier alpha value is -2.99. The number of benzene rings is 2. The number of carbonyl (C=O) groups excluding carboxylic acids is 1. The van der Waals surface area contributed by atoms with E-state index in [0.717, 1.165) is 65.6 Å².